The zero-order valence-corrected chi connectivity index (χ0v) is 15.9. The summed E-state index contributed by atoms with van der Waals surface area (Å²) >= 11 is 0. The van der Waals surface area contributed by atoms with E-state index < -0.39 is 5.82 Å². The second-order valence-electron chi connectivity index (χ2n) is 7.38. The Kier molecular flexibility index (Phi) is 5.17. The maximum absolute atomic E-state index is 13.8. The molecule has 1 aromatic carbocycles. The molecule has 0 spiro atoms. The van der Waals surface area contributed by atoms with E-state index in [0.29, 0.717) is 11.0 Å². The van der Waals surface area contributed by atoms with E-state index in [1.165, 1.54) is 16.7 Å². The van der Waals surface area contributed by atoms with Crippen molar-refractivity contribution in [2.75, 3.05) is 7.11 Å². The lowest BCUT2D eigenvalue weighted by Crippen LogP contribution is -2.39. The van der Waals surface area contributed by atoms with Gasteiger partial charge in [0.05, 0.1) is 17.1 Å². The van der Waals surface area contributed by atoms with Crippen LogP contribution in [0.15, 0.2) is 41.3 Å². The van der Waals surface area contributed by atoms with Crippen molar-refractivity contribution in [1.82, 2.24) is 14.3 Å². The number of rotatable bonds is 5. The predicted octanol–water partition coefficient (Wildman–Crippen LogP) is 2.86. The Bertz CT molecular complexity index is 1060. The van der Waals surface area contributed by atoms with Gasteiger partial charge in [0.2, 0.25) is 5.91 Å². The molecule has 1 saturated carbocycles. The first-order valence-corrected chi connectivity index (χ1v) is 9.68. The average molecular weight is 385 g/mol. The Morgan fingerprint density at radius 3 is 2.71 bits per heavy atom. The first-order valence-electron chi connectivity index (χ1n) is 9.68. The summed E-state index contributed by atoms with van der Waals surface area (Å²) in [4.78, 5) is 25.3. The monoisotopic (exact) mass is 385 g/mol. The molecule has 2 heterocycles. The van der Waals surface area contributed by atoms with Crippen LogP contribution in [0.1, 0.15) is 32.1 Å². The van der Waals surface area contributed by atoms with Crippen LogP contribution < -0.4 is 10.9 Å². The largest absolute Gasteiger partial charge is 0.381 e. The molecule has 0 bridgehead atoms. The molecule has 148 valence electrons. The number of carbonyl (C=O) groups is 1. The SMILES string of the molecule is COC1CCC(NC(=O)CCn2c(=O)c3cccn3c3ccc(F)cc32)CC1. The minimum atomic E-state index is -0.411. The van der Waals surface area contributed by atoms with Gasteiger partial charge in [-0.2, -0.15) is 0 Å². The van der Waals surface area contributed by atoms with Gasteiger partial charge in [0, 0.05) is 32.3 Å². The summed E-state index contributed by atoms with van der Waals surface area (Å²) in [6.07, 6.45) is 5.91. The van der Waals surface area contributed by atoms with Crippen LogP contribution in [-0.2, 0) is 16.1 Å². The van der Waals surface area contributed by atoms with Gasteiger partial charge in [0.15, 0.2) is 0 Å². The molecule has 4 rings (SSSR count). The molecule has 1 N–H and O–H groups in total. The fourth-order valence-electron chi connectivity index (χ4n) is 4.11. The molecule has 2 aromatic heterocycles. The van der Waals surface area contributed by atoms with Gasteiger partial charge in [-0.1, -0.05) is 0 Å². The van der Waals surface area contributed by atoms with E-state index in [-0.39, 0.29) is 36.6 Å². The van der Waals surface area contributed by atoms with Crippen LogP contribution in [0.5, 0.6) is 0 Å². The molecule has 1 aliphatic carbocycles. The van der Waals surface area contributed by atoms with Crippen molar-refractivity contribution in [3.63, 3.8) is 0 Å². The van der Waals surface area contributed by atoms with Gasteiger partial charge < -0.3 is 19.0 Å². The van der Waals surface area contributed by atoms with E-state index in [1.54, 1.807) is 35.9 Å². The second-order valence-corrected chi connectivity index (χ2v) is 7.38. The molecule has 6 nitrogen and oxygen atoms in total. The lowest BCUT2D eigenvalue weighted by molar-refractivity contribution is -0.122. The molecule has 1 fully saturated rings. The van der Waals surface area contributed by atoms with Crippen molar-refractivity contribution in [1.29, 1.82) is 0 Å². The van der Waals surface area contributed by atoms with Gasteiger partial charge in [0.1, 0.15) is 11.3 Å². The van der Waals surface area contributed by atoms with Gasteiger partial charge in [-0.25, -0.2) is 4.39 Å². The van der Waals surface area contributed by atoms with Crippen LogP contribution in [0, 0.1) is 5.82 Å². The summed E-state index contributed by atoms with van der Waals surface area (Å²) in [6.45, 7) is 0.208. The second kappa shape index (κ2) is 7.75. The number of hydrogen-bond donors (Lipinski definition) is 1. The van der Waals surface area contributed by atoms with Crippen molar-refractivity contribution in [2.45, 2.75) is 50.8 Å². The Hall–Kier alpha value is -2.67. The average Bonchev–Trinajstić information content (AvgIpc) is 3.18. The Morgan fingerprint density at radius 1 is 1.18 bits per heavy atom. The van der Waals surface area contributed by atoms with Crippen molar-refractivity contribution in [3.8, 4) is 0 Å². The lowest BCUT2D eigenvalue weighted by atomic mass is 9.93. The van der Waals surface area contributed by atoms with Crippen molar-refractivity contribution >= 4 is 22.5 Å². The molecule has 0 aliphatic heterocycles. The highest BCUT2D eigenvalue weighted by Gasteiger charge is 2.22. The van der Waals surface area contributed by atoms with Crippen LogP contribution in [-0.4, -0.2) is 34.1 Å². The van der Waals surface area contributed by atoms with Gasteiger partial charge in [-0.3, -0.25) is 9.59 Å². The Labute approximate surface area is 161 Å². The minimum Gasteiger partial charge on any atom is -0.381 e. The highest BCUT2D eigenvalue weighted by Crippen LogP contribution is 2.21. The van der Waals surface area contributed by atoms with E-state index in [9.17, 15) is 14.0 Å². The summed E-state index contributed by atoms with van der Waals surface area (Å²) in [7, 11) is 1.72. The molecule has 3 aromatic rings. The van der Waals surface area contributed by atoms with Crippen molar-refractivity contribution < 1.29 is 13.9 Å². The van der Waals surface area contributed by atoms with Crippen molar-refractivity contribution in [2.24, 2.45) is 0 Å². The van der Waals surface area contributed by atoms with Crippen LogP contribution in [0.4, 0.5) is 4.39 Å². The topological polar surface area (TPSA) is 64.7 Å². The maximum Gasteiger partial charge on any atom is 0.275 e. The summed E-state index contributed by atoms with van der Waals surface area (Å²) < 4.78 is 22.4. The summed E-state index contributed by atoms with van der Waals surface area (Å²) in [5.74, 6) is -0.501. The molecule has 0 atom stereocenters. The number of carbonyl (C=O) groups excluding carboxylic acids is 1. The molecular weight excluding hydrogens is 361 g/mol. The van der Waals surface area contributed by atoms with Crippen LogP contribution in [0.3, 0.4) is 0 Å². The fraction of sp³-hybridized carbons (Fsp3) is 0.429. The molecule has 28 heavy (non-hydrogen) atoms. The van der Waals surface area contributed by atoms with Crippen LogP contribution >= 0.6 is 0 Å². The van der Waals surface area contributed by atoms with Gasteiger partial charge >= 0.3 is 0 Å². The smallest absolute Gasteiger partial charge is 0.275 e. The van der Waals surface area contributed by atoms with Crippen LogP contribution in [0.25, 0.3) is 16.6 Å². The molecular formula is C21H24FN3O3. The molecule has 0 saturated heterocycles. The number of halogens is 1. The molecule has 1 amide bonds. The molecule has 7 heteroatoms. The first kappa shape index (κ1) is 18.7. The maximum atomic E-state index is 13.8. The lowest BCUT2D eigenvalue weighted by Gasteiger charge is -2.28. The predicted molar refractivity (Wildman–Crippen MR) is 105 cm³/mol. The number of methoxy groups -OCH3 is 1. The highest BCUT2D eigenvalue weighted by molar-refractivity contribution is 5.80. The van der Waals surface area contributed by atoms with Crippen molar-refractivity contribution in [3.05, 3.63) is 52.7 Å². The van der Waals surface area contributed by atoms with E-state index in [4.69, 9.17) is 4.74 Å². The summed E-state index contributed by atoms with van der Waals surface area (Å²) in [5.41, 5.74) is 1.51. The number of amides is 1. The van der Waals surface area contributed by atoms with E-state index in [1.807, 2.05) is 0 Å². The normalized spacial score (nSPS) is 19.9. The number of benzene rings is 1. The summed E-state index contributed by atoms with van der Waals surface area (Å²) in [6, 6.07) is 8.04. The third-order valence-electron chi connectivity index (χ3n) is 5.64. The van der Waals surface area contributed by atoms with Gasteiger partial charge in [0.25, 0.3) is 5.56 Å². The number of ether oxygens (including phenoxy) is 1. The van der Waals surface area contributed by atoms with E-state index in [0.717, 1.165) is 31.2 Å². The van der Waals surface area contributed by atoms with Crippen LogP contribution in [0.2, 0.25) is 0 Å². The highest BCUT2D eigenvalue weighted by atomic mass is 19.1. The molecule has 0 radical (unpaired) electrons. The third kappa shape index (κ3) is 3.54. The van der Waals surface area contributed by atoms with Gasteiger partial charge in [-0.05, 0) is 56.0 Å². The Balaban J connectivity index is 1.52. The zero-order valence-electron chi connectivity index (χ0n) is 15.9. The number of aromatic nitrogens is 2. The minimum absolute atomic E-state index is 0.0902. The Morgan fingerprint density at radius 2 is 1.96 bits per heavy atom. The third-order valence-corrected chi connectivity index (χ3v) is 5.64. The summed E-state index contributed by atoms with van der Waals surface area (Å²) in [5, 5.41) is 3.06. The number of fused-ring (bicyclic) bond motifs is 3. The standard InChI is InChI=1S/C21H24FN3O3/c1-28-16-7-5-15(6-8-16)23-20(26)10-12-25-19-13-14(22)4-9-17(19)24-11-2-3-18(24)21(25)27/h2-4,9,11,13,15-16H,5-8,10,12H2,1H3,(H,23,26). The zero-order chi connectivity index (χ0) is 19.7. The molecule has 1 aliphatic rings. The molecule has 0 unspecified atom stereocenters. The van der Waals surface area contributed by atoms with E-state index >= 15 is 0 Å². The number of nitrogens with one attached hydrogen (secondary N) is 1. The number of nitrogens with zero attached hydrogens (tertiary/aromatic N) is 2. The first-order chi connectivity index (χ1) is 13.6. The van der Waals surface area contributed by atoms with E-state index in [2.05, 4.69) is 5.32 Å². The quantitative estimate of drug-likeness (QED) is 0.735. The fourth-order valence-corrected chi connectivity index (χ4v) is 4.11. The number of hydrogen-bond acceptors (Lipinski definition) is 3. The van der Waals surface area contributed by atoms with Gasteiger partial charge in [-0.15, -0.1) is 0 Å². The number of aryl methyl sites for hydroxylation is 1.